The lowest BCUT2D eigenvalue weighted by molar-refractivity contribution is -0.127. The normalized spacial score (nSPS) is 14.9. The second kappa shape index (κ2) is 9.66. The fourth-order valence-corrected chi connectivity index (χ4v) is 4.76. The Morgan fingerprint density at radius 3 is 2.56 bits per heavy atom. The number of carbonyl (C=O) groups excluding carboxylic acids is 3. The second-order valence-electron chi connectivity index (χ2n) is 7.59. The minimum Gasteiger partial charge on any atom is -0.324 e. The smallest absolute Gasteiger partial charge is 0.294 e. The molecule has 2 aromatic carbocycles. The minimum atomic E-state index is -0.605. The number of nitrogens with zero attached hydrogens (tertiary/aromatic N) is 2. The molecule has 0 bridgehead atoms. The van der Waals surface area contributed by atoms with Crippen molar-refractivity contribution in [2.75, 3.05) is 11.9 Å². The lowest BCUT2D eigenvalue weighted by Crippen LogP contribution is -2.36. The van der Waals surface area contributed by atoms with E-state index in [0.717, 1.165) is 45.4 Å². The van der Waals surface area contributed by atoms with Gasteiger partial charge in [0.05, 0.1) is 15.0 Å². The Morgan fingerprint density at radius 1 is 1.09 bits per heavy atom. The van der Waals surface area contributed by atoms with Crippen LogP contribution in [0.2, 0.25) is 10.0 Å². The van der Waals surface area contributed by atoms with Crippen molar-refractivity contribution in [3.8, 4) is 5.69 Å². The Balaban J connectivity index is 1.54. The molecule has 3 aromatic rings. The van der Waals surface area contributed by atoms with Crippen molar-refractivity contribution in [3.05, 3.63) is 86.2 Å². The predicted molar refractivity (Wildman–Crippen MR) is 133 cm³/mol. The van der Waals surface area contributed by atoms with Crippen LogP contribution in [0.3, 0.4) is 0 Å². The number of hydrogen-bond acceptors (Lipinski definition) is 4. The van der Waals surface area contributed by atoms with Gasteiger partial charge in [-0.3, -0.25) is 19.3 Å². The predicted octanol–water partition coefficient (Wildman–Crippen LogP) is 6.22. The topological polar surface area (TPSA) is 71.4 Å². The van der Waals surface area contributed by atoms with Crippen LogP contribution in [0.4, 0.5) is 14.9 Å². The highest BCUT2D eigenvalue weighted by Crippen LogP contribution is 2.34. The molecule has 1 saturated heterocycles. The summed E-state index contributed by atoms with van der Waals surface area (Å²) >= 11 is 13.0. The van der Waals surface area contributed by atoms with Crippen LogP contribution in [0.1, 0.15) is 17.0 Å². The van der Waals surface area contributed by atoms with Crippen LogP contribution in [0.15, 0.2) is 53.4 Å². The molecule has 0 aliphatic carbocycles. The maximum atomic E-state index is 13.3. The van der Waals surface area contributed by atoms with Crippen LogP contribution < -0.4 is 5.32 Å². The first-order valence-electron chi connectivity index (χ1n) is 10.1. The fourth-order valence-electron chi connectivity index (χ4n) is 3.64. The number of nitrogens with one attached hydrogen (secondary N) is 1. The molecule has 0 atom stereocenters. The molecule has 1 aliphatic heterocycles. The Kier molecular flexibility index (Phi) is 6.84. The first kappa shape index (κ1) is 24.1. The van der Waals surface area contributed by atoms with Crippen molar-refractivity contribution in [3.63, 3.8) is 0 Å². The number of thioether (sulfide) groups is 1. The number of benzene rings is 2. The van der Waals surface area contributed by atoms with E-state index in [1.165, 1.54) is 18.2 Å². The highest BCUT2D eigenvalue weighted by Gasteiger charge is 2.36. The Morgan fingerprint density at radius 2 is 1.85 bits per heavy atom. The number of hydrogen-bond donors (Lipinski definition) is 1. The molecule has 0 unspecified atom stereocenters. The molecule has 174 valence electrons. The molecular weight excluding hydrogens is 500 g/mol. The standard InChI is InChI=1S/C24H18Cl2FN3O3S/c1-13-8-15(14(2)30(13)18-6-7-19(25)20(26)11-18)9-21-23(32)29(24(33)34-21)12-22(31)28-17-5-3-4-16(27)10-17/h3-11H,12H2,1-2H3,(H,28,31)/b21-9-. The van der Waals surface area contributed by atoms with Gasteiger partial charge in [0.25, 0.3) is 11.1 Å². The summed E-state index contributed by atoms with van der Waals surface area (Å²) in [6, 6.07) is 12.5. The molecule has 0 radical (unpaired) electrons. The molecule has 3 amide bonds. The van der Waals surface area contributed by atoms with Gasteiger partial charge < -0.3 is 9.88 Å². The van der Waals surface area contributed by atoms with Crippen LogP contribution in [0.25, 0.3) is 11.8 Å². The van der Waals surface area contributed by atoms with Gasteiger partial charge in [-0.2, -0.15) is 0 Å². The van der Waals surface area contributed by atoms with Crippen molar-refractivity contribution in [2.24, 2.45) is 0 Å². The van der Waals surface area contributed by atoms with E-state index < -0.39 is 29.4 Å². The van der Waals surface area contributed by atoms with Crippen LogP contribution in [0, 0.1) is 19.7 Å². The van der Waals surface area contributed by atoms with Gasteiger partial charge in [0.2, 0.25) is 5.91 Å². The monoisotopic (exact) mass is 517 g/mol. The SMILES string of the molecule is Cc1cc(/C=C2\SC(=O)N(CC(=O)Nc3cccc(F)c3)C2=O)c(C)n1-c1ccc(Cl)c(Cl)c1. The van der Waals surface area contributed by atoms with E-state index in [9.17, 15) is 18.8 Å². The first-order valence-corrected chi connectivity index (χ1v) is 11.7. The first-order chi connectivity index (χ1) is 16.1. The van der Waals surface area contributed by atoms with E-state index in [1.54, 1.807) is 18.2 Å². The van der Waals surface area contributed by atoms with Crippen LogP contribution in [0.5, 0.6) is 0 Å². The van der Waals surface area contributed by atoms with Gasteiger partial charge in [0.1, 0.15) is 12.4 Å². The van der Waals surface area contributed by atoms with Gasteiger partial charge in [0, 0.05) is 22.8 Å². The summed E-state index contributed by atoms with van der Waals surface area (Å²) in [4.78, 5) is 38.7. The number of imide groups is 1. The van der Waals surface area contributed by atoms with Crippen molar-refractivity contribution < 1.29 is 18.8 Å². The molecule has 34 heavy (non-hydrogen) atoms. The lowest BCUT2D eigenvalue weighted by atomic mass is 10.2. The van der Waals surface area contributed by atoms with Gasteiger partial charge in [0.15, 0.2) is 0 Å². The van der Waals surface area contributed by atoms with Crippen LogP contribution in [-0.2, 0) is 9.59 Å². The molecule has 0 spiro atoms. The molecule has 4 rings (SSSR count). The summed E-state index contributed by atoms with van der Waals surface area (Å²) in [6.07, 6.45) is 1.63. The number of amides is 3. The molecule has 1 fully saturated rings. The maximum absolute atomic E-state index is 13.3. The summed E-state index contributed by atoms with van der Waals surface area (Å²) in [5.74, 6) is -1.68. The van der Waals surface area contributed by atoms with E-state index in [-0.39, 0.29) is 10.6 Å². The number of carbonyl (C=O) groups is 3. The van der Waals surface area contributed by atoms with Gasteiger partial charge in [-0.15, -0.1) is 0 Å². The van der Waals surface area contributed by atoms with E-state index in [2.05, 4.69) is 5.32 Å². The van der Waals surface area contributed by atoms with Gasteiger partial charge >= 0.3 is 0 Å². The number of aromatic nitrogens is 1. The third-order valence-electron chi connectivity index (χ3n) is 5.20. The molecule has 6 nitrogen and oxygen atoms in total. The summed E-state index contributed by atoms with van der Waals surface area (Å²) in [5.41, 5.74) is 3.54. The highest BCUT2D eigenvalue weighted by atomic mass is 35.5. The number of aryl methyl sites for hydroxylation is 1. The van der Waals surface area contributed by atoms with E-state index in [4.69, 9.17) is 23.2 Å². The average molecular weight is 518 g/mol. The third-order valence-corrected chi connectivity index (χ3v) is 6.85. The zero-order valence-electron chi connectivity index (χ0n) is 18.1. The maximum Gasteiger partial charge on any atom is 0.294 e. The van der Waals surface area contributed by atoms with E-state index in [1.807, 2.05) is 30.5 Å². The van der Waals surface area contributed by atoms with Gasteiger partial charge in [-0.25, -0.2) is 4.39 Å². The lowest BCUT2D eigenvalue weighted by Gasteiger charge is -2.12. The van der Waals surface area contributed by atoms with Crippen molar-refractivity contribution in [2.45, 2.75) is 13.8 Å². The summed E-state index contributed by atoms with van der Waals surface area (Å²) in [6.45, 7) is 3.33. The van der Waals surface area contributed by atoms with Crippen molar-refractivity contribution in [1.29, 1.82) is 0 Å². The Labute approximate surface area is 209 Å². The molecule has 10 heteroatoms. The summed E-state index contributed by atoms with van der Waals surface area (Å²) in [7, 11) is 0. The Bertz CT molecular complexity index is 1370. The number of rotatable bonds is 5. The quantitative estimate of drug-likeness (QED) is 0.408. The largest absolute Gasteiger partial charge is 0.324 e. The molecule has 1 aliphatic rings. The highest BCUT2D eigenvalue weighted by molar-refractivity contribution is 8.18. The molecule has 0 saturated carbocycles. The number of anilines is 1. The van der Waals surface area contributed by atoms with Crippen LogP contribution >= 0.6 is 35.0 Å². The van der Waals surface area contributed by atoms with E-state index >= 15 is 0 Å². The molecule has 1 aromatic heterocycles. The average Bonchev–Trinajstić information content (AvgIpc) is 3.19. The second-order valence-corrected chi connectivity index (χ2v) is 9.39. The third kappa shape index (κ3) is 4.89. The van der Waals surface area contributed by atoms with Gasteiger partial charge in [-0.1, -0.05) is 29.3 Å². The summed E-state index contributed by atoms with van der Waals surface area (Å²) in [5, 5.41) is 2.80. The fraction of sp³-hybridized carbons (Fsp3) is 0.125. The zero-order chi connectivity index (χ0) is 24.6. The minimum absolute atomic E-state index is 0.206. The number of halogens is 3. The van der Waals surface area contributed by atoms with E-state index in [0.29, 0.717) is 10.0 Å². The Hall–Kier alpha value is -3.07. The molecule has 1 N–H and O–H groups in total. The summed E-state index contributed by atoms with van der Waals surface area (Å²) < 4.78 is 15.3. The van der Waals surface area contributed by atoms with Gasteiger partial charge in [-0.05, 0) is 79.7 Å². The molecule has 2 heterocycles. The molecular formula is C24H18Cl2FN3O3S. The van der Waals surface area contributed by atoms with Crippen LogP contribution in [-0.4, -0.2) is 33.1 Å². The van der Waals surface area contributed by atoms with Crippen molar-refractivity contribution >= 4 is 63.8 Å². The zero-order valence-corrected chi connectivity index (χ0v) is 20.4. The van der Waals surface area contributed by atoms with Crippen molar-refractivity contribution in [1.82, 2.24) is 9.47 Å².